The van der Waals surface area contributed by atoms with Gasteiger partial charge in [-0.1, -0.05) is 97.1 Å². The Hall–Kier alpha value is -13.9. The van der Waals surface area contributed by atoms with Gasteiger partial charge in [-0.2, -0.15) is 21.9 Å². The summed E-state index contributed by atoms with van der Waals surface area (Å²) in [6, 6.07) is 123. The van der Waals surface area contributed by atoms with Gasteiger partial charge in [0.15, 0.2) is 0 Å². The fraction of sp³-hybridized carbons (Fsp3) is 0.0769. The Morgan fingerprint density at radius 1 is 0.157 bits per heavy atom. The smallest absolute Gasteiger partial charge is 0.119 e. The molecule has 0 bridgehead atoms. The monoisotopic (exact) mass is 1650 g/mol. The minimum atomic E-state index is -2.14. The van der Waals surface area contributed by atoms with E-state index < -0.39 is 6.15 Å². The number of rotatable bonds is 24. The molecule has 0 atom stereocenters. The van der Waals surface area contributed by atoms with Crippen LogP contribution in [0, 0.1) is 0 Å². The molecule has 0 aliphatic carbocycles. The third kappa shape index (κ3) is 13.7. The van der Waals surface area contributed by atoms with E-state index in [-0.39, 0.29) is 0 Å². The zero-order chi connectivity index (χ0) is 82.0. The molecule has 0 aliphatic heterocycles. The average Bonchev–Trinajstić information content (AvgIpc) is 0.839. The maximum absolute atomic E-state index is 5.68. The normalized spacial score (nSPS) is 11.6. The highest BCUT2D eigenvalue weighted by atomic mass is 32.1. The molecule has 4 heterocycles. The molecule has 0 aliphatic rings. The van der Waals surface area contributed by atoms with E-state index in [2.05, 4.69) is 262 Å². The van der Waals surface area contributed by atoms with Crippen molar-refractivity contribution in [1.82, 2.24) is 0 Å². The summed E-state index contributed by atoms with van der Waals surface area (Å²) < 4.78 is 54.9. The first kappa shape index (κ1) is 75.8. The molecule has 0 radical (unpaired) electrons. The Bertz CT molecular complexity index is 6200. The zero-order valence-corrected chi connectivity index (χ0v) is 70.9. The second-order valence-corrected chi connectivity index (χ2v) is 34.3. The van der Waals surface area contributed by atoms with Crippen LogP contribution < -0.4 is 79.3 Å². The molecule has 0 N–H and O–H groups in total. The van der Waals surface area contributed by atoms with E-state index in [1.165, 1.54) is 103 Å². The number of hydrogen-bond acceptors (Lipinski definition) is 16. The van der Waals surface area contributed by atoms with Crippen LogP contribution in [-0.2, 0) is 0 Å². The second kappa shape index (κ2) is 31.7. The molecule has 121 heavy (non-hydrogen) atoms. The van der Waals surface area contributed by atoms with Gasteiger partial charge in [-0.3, -0.25) is 0 Å². The predicted octanol–water partition coefficient (Wildman–Crippen LogP) is 26.5. The molecule has 0 spiro atoms. The fourth-order valence-electron chi connectivity index (χ4n) is 17.6. The topological polar surface area (TPSA) is 86.8 Å². The van der Waals surface area contributed by atoms with E-state index in [0.717, 1.165) is 114 Å². The second-order valence-electron chi connectivity index (χ2n) is 29.9. The van der Waals surface area contributed by atoms with Gasteiger partial charge in [0.2, 0.25) is 0 Å². The van der Waals surface area contributed by atoms with Crippen molar-refractivity contribution in [3.63, 3.8) is 0 Å². The Morgan fingerprint density at radius 2 is 0.289 bits per heavy atom. The number of hydrogen-bond donors (Lipinski definition) is 0. The molecule has 16 aromatic carbocycles. The maximum atomic E-state index is 5.68. The van der Waals surface area contributed by atoms with E-state index in [9.17, 15) is 0 Å². The summed E-state index contributed by atoms with van der Waals surface area (Å²) in [5.74, 6) is 6.31. The van der Waals surface area contributed by atoms with Crippen LogP contribution in [0.25, 0.3) is 80.7 Å². The Kier molecular flexibility index (Phi) is 19.9. The van der Waals surface area contributed by atoms with Gasteiger partial charge >= 0.3 is 0 Å². The fourth-order valence-corrected chi connectivity index (χ4v) is 22.3. The lowest BCUT2D eigenvalue weighted by Crippen LogP contribution is -2.74. The molecule has 17 heteroatoms. The SMILES string of the molecule is COc1ccc(N(c2ccc(OC)cc2)c2ccc3c(c2)sc2cc([B-](c4ccc5c(c4)sc4cc(N(c6ccc(OC)cc6)c6ccc(OC)cc6)ccc45)(c4ccc5c(c4)sc4cc(N(c6ccc(OC)cc6)c6ccc(OC)cc6)ccc45)c4ccc5c(c4)sc4cc(N(c6ccc(OC)cc6)c6ccc(OC)cc6)ccc45)ccc23)cc1. The van der Waals surface area contributed by atoms with Gasteiger partial charge in [0, 0.05) is 149 Å². The Balaban J connectivity index is 0.816. The summed E-state index contributed by atoms with van der Waals surface area (Å²) in [5.41, 5.74) is 16.9. The van der Waals surface area contributed by atoms with Gasteiger partial charge < -0.3 is 57.5 Å². The van der Waals surface area contributed by atoms with Crippen molar-refractivity contribution in [1.29, 1.82) is 0 Å². The number of anilines is 12. The van der Waals surface area contributed by atoms with Crippen molar-refractivity contribution < 1.29 is 37.9 Å². The molecule has 12 nitrogen and oxygen atoms in total. The Labute approximate surface area is 717 Å². The standard InChI is InChI=1S/C104H80BN4O8S4/c1-110-81-33-13-69(14-34-81)106(70-15-35-82(111-2)36-16-70)77-29-53-93-89-49-9-65(57-97(89)118-101(93)61-77)105(66-10-50-90-94-54-30-78(62-102(94)119-98(90)58-66)107(71-17-37-83(112-3)38-18-71)72-19-39-84(113-4)40-20-72,67-11-51-91-95-55-31-79(63-103(95)120-99(91)59-67)108(73-21-41-85(114-5)42-22-73)74-23-43-86(115-6)44-24-74)68-12-52-92-96-56-32-80(64-104(96)121-100(92)60-68)109(75-25-45-87(116-7)46-26-75)76-27-47-88(117-8)48-28-76/h9-64H,1-8H3/q-1. The van der Waals surface area contributed by atoms with Crippen molar-refractivity contribution in [2.24, 2.45) is 0 Å². The minimum absolute atomic E-state index is 0.789. The summed E-state index contributed by atoms with van der Waals surface area (Å²) in [7, 11) is 13.6. The van der Waals surface area contributed by atoms with Crippen molar-refractivity contribution >= 4 is 222 Å². The number of methoxy groups -OCH3 is 8. The Morgan fingerprint density at radius 3 is 0.438 bits per heavy atom. The van der Waals surface area contributed by atoms with Crippen molar-refractivity contribution in [3.8, 4) is 46.0 Å². The molecule has 0 saturated heterocycles. The molecule has 4 aromatic heterocycles. The van der Waals surface area contributed by atoms with Crippen LogP contribution in [0.3, 0.4) is 0 Å². The van der Waals surface area contributed by atoms with Crippen LogP contribution in [0.15, 0.2) is 340 Å². The van der Waals surface area contributed by atoms with Crippen LogP contribution in [0.2, 0.25) is 0 Å². The molecule has 0 saturated carbocycles. The lowest BCUT2D eigenvalue weighted by molar-refractivity contribution is 0.414. The zero-order valence-electron chi connectivity index (χ0n) is 67.6. The first-order valence-electron chi connectivity index (χ1n) is 39.8. The summed E-state index contributed by atoms with van der Waals surface area (Å²) in [6.45, 7) is 0. The summed E-state index contributed by atoms with van der Waals surface area (Å²) >= 11 is 7.36. The van der Waals surface area contributed by atoms with Gasteiger partial charge in [0.1, 0.15) is 52.1 Å². The molecular weight excluding hydrogens is 1570 g/mol. The largest absolute Gasteiger partial charge is 0.497 e. The van der Waals surface area contributed by atoms with E-state index in [0.29, 0.717) is 0 Å². The molecule has 0 amide bonds. The van der Waals surface area contributed by atoms with Crippen LogP contribution in [0.5, 0.6) is 46.0 Å². The number of thiophene rings is 4. The molecule has 0 fully saturated rings. The summed E-state index contributed by atoms with van der Waals surface area (Å²) in [4.78, 5) is 9.21. The molecule has 20 rings (SSSR count). The maximum Gasteiger partial charge on any atom is 0.119 e. The highest BCUT2D eigenvalue weighted by molar-refractivity contribution is 7.29. The first-order chi connectivity index (χ1) is 59.5. The summed E-state index contributed by atoms with van der Waals surface area (Å²) in [6.07, 6.45) is -2.14. The molecule has 592 valence electrons. The number of ether oxygens (including phenoxy) is 8. The van der Waals surface area contributed by atoms with Gasteiger partial charge in [0.05, 0.1) is 56.9 Å². The lowest BCUT2D eigenvalue weighted by Gasteiger charge is -2.44. The number of nitrogens with zero attached hydrogens (tertiary/aromatic N) is 4. The van der Waals surface area contributed by atoms with Gasteiger partial charge in [-0.05, 0) is 243 Å². The number of benzene rings is 16. The van der Waals surface area contributed by atoms with Crippen LogP contribution in [0.1, 0.15) is 0 Å². The van der Waals surface area contributed by atoms with E-state index in [4.69, 9.17) is 37.9 Å². The van der Waals surface area contributed by atoms with Crippen molar-refractivity contribution in [2.45, 2.75) is 0 Å². The van der Waals surface area contributed by atoms with E-state index in [1.54, 1.807) is 56.9 Å². The highest BCUT2D eigenvalue weighted by Crippen LogP contribution is 2.48. The molecular formula is C104H80BN4O8S4-. The molecule has 20 aromatic rings. The van der Waals surface area contributed by atoms with Crippen LogP contribution >= 0.6 is 45.3 Å². The summed E-state index contributed by atoms with van der Waals surface area (Å²) in [5, 5.41) is 9.52. The van der Waals surface area contributed by atoms with Gasteiger partial charge in [-0.15, -0.1) is 45.3 Å². The van der Waals surface area contributed by atoms with Crippen LogP contribution in [0.4, 0.5) is 68.2 Å². The first-order valence-corrected chi connectivity index (χ1v) is 43.1. The highest BCUT2D eigenvalue weighted by Gasteiger charge is 2.35. The van der Waals surface area contributed by atoms with Crippen molar-refractivity contribution in [3.05, 3.63) is 340 Å². The predicted molar refractivity (Wildman–Crippen MR) is 513 cm³/mol. The number of fused-ring (bicyclic) bond motifs is 12. The molecule has 0 unspecified atom stereocenters. The average molecular weight is 1650 g/mol. The van der Waals surface area contributed by atoms with Crippen LogP contribution in [-0.4, -0.2) is 63.0 Å². The third-order valence-corrected chi connectivity index (χ3v) is 28.1. The van der Waals surface area contributed by atoms with E-state index in [1.807, 2.05) is 142 Å². The quantitative estimate of drug-likeness (QED) is 0.0540. The minimum Gasteiger partial charge on any atom is -0.497 e. The van der Waals surface area contributed by atoms with Crippen molar-refractivity contribution in [2.75, 3.05) is 76.5 Å². The van der Waals surface area contributed by atoms with Gasteiger partial charge in [-0.25, -0.2) is 0 Å². The van der Waals surface area contributed by atoms with E-state index >= 15 is 0 Å². The third-order valence-electron chi connectivity index (χ3n) is 23.6. The lowest BCUT2D eigenvalue weighted by atomic mass is 9.13. The van der Waals surface area contributed by atoms with Gasteiger partial charge in [0.25, 0.3) is 0 Å².